The lowest BCUT2D eigenvalue weighted by atomic mass is 9.86. The highest BCUT2D eigenvalue weighted by molar-refractivity contribution is 5.41. The van der Waals surface area contributed by atoms with Gasteiger partial charge in [0.15, 0.2) is 0 Å². The molecule has 0 radical (unpaired) electrons. The molecule has 0 aliphatic carbocycles. The number of aromatic hydroxyl groups is 1. The topological polar surface area (TPSA) is 20.2 Å². The van der Waals surface area contributed by atoms with E-state index in [0.29, 0.717) is 11.7 Å². The van der Waals surface area contributed by atoms with E-state index in [4.69, 9.17) is 0 Å². The molecule has 0 aliphatic heterocycles. The van der Waals surface area contributed by atoms with E-state index in [1.54, 1.807) is 0 Å². The molecule has 0 amide bonds. The maximum absolute atomic E-state index is 10.3. The molecule has 1 heteroatoms. The average Bonchev–Trinajstić information content (AvgIpc) is 2.62. The zero-order valence-electron chi connectivity index (χ0n) is 17.2. The fraction of sp³-hybridized carbons (Fsp3) is 0.750. The highest BCUT2D eigenvalue weighted by Crippen LogP contribution is 2.33. The van der Waals surface area contributed by atoms with Crippen LogP contribution in [0.15, 0.2) is 18.2 Å². The van der Waals surface area contributed by atoms with Gasteiger partial charge in [-0.15, -0.1) is 0 Å². The quantitative estimate of drug-likeness (QED) is 0.318. The van der Waals surface area contributed by atoms with Gasteiger partial charge in [-0.1, -0.05) is 97.1 Å². The summed E-state index contributed by atoms with van der Waals surface area (Å²) in [4.78, 5) is 0. The molecule has 1 aromatic carbocycles. The van der Waals surface area contributed by atoms with Crippen LogP contribution in [0.4, 0.5) is 0 Å². The van der Waals surface area contributed by atoms with Gasteiger partial charge in [0.1, 0.15) is 5.75 Å². The molecule has 0 saturated heterocycles. The zero-order chi connectivity index (χ0) is 18.3. The average molecular weight is 347 g/mol. The van der Waals surface area contributed by atoms with Crippen molar-refractivity contribution >= 4 is 0 Å². The van der Waals surface area contributed by atoms with E-state index in [9.17, 15) is 5.11 Å². The Balaban J connectivity index is 2.32. The van der Waals surface area contributed by atoms with Gasteiger partial charge in [0.05, 0.1) is 0 Å². The highest BCUT2D eigenvalue weighted by atomic mass is 16.3. The summed E-state index contributed by atoms with van der Waals surface area (Å²) in [6.07, 6.45) is 18.3. The third-order valence-corrected chi connectivity index (χ3v) is 5.54. The summed E-state index contributed by atoms with van der Waals surface area (Å²) in [5.41, 5.74) is 2.63. The number of benzene rings is 1. The molecule has 1 nitrogen and oxygen atoms in total. The summed E-state index contributed by atoms with van der Waals surface area (Å²) in [5.74, 6) is 1.12. The molecule has 0 bridgehead atoms. The van der Waals surface area contributed by atoms with Gasteiger partial charge in [-0.2, -0.15) is 0 Å². The van der Waals surface area contributed by atoms with E-state index in [-0.39, 0.29) is 0 Å². The molecule has 1 unspecified atom stereocenters. The molecule has 0 spiro atoms. The molecule has 1 aromatic rings. The summed E-state index contributed by atoms with van der Waals surface area (Å²) in [6, 6.07) is 6.13. The summed E-state index contributed by atoms with van der Waals surface area (Å²) in [5, 5.41) is 10.3. The fourth-order valence-corrected chi connectivity index (χ4v) is 3.96. The Bertz CT molecular complexity index is 438. The standard InChI is InChI=1S/C24H42O/c1-4-7-8-9-10-11-12-13-14-15-18-23-22(19-16-20-24(23)25)21(6-3)17-5-2/h16,19-21,25H,4-15,17-18H2,1-3H3. The molecular weight excluding hydrogens is 304 g/mol. The largest absolute Gasteiger partial charge is 0.508 e. The van der Waals surface area contributed by atoms with Crippen LogP contribution in [0, 0.1) is 0 Å². The molecule has 1 rings (SSSR count). The first-order valence-electron chi connectivity index (χ1n) is 11.0. The molecule has 144 valence electrons. The van der Waals surface area contributed by atoms with Gasteiger partial charge in [-0.25, -0.2) is 0 Å². The van der Waals surface area contributed by atoms with Crippen LogP contribution in [0.25, 0.3) is 0 Å². The van der Waals surface area contributed by atoms with E-state index in [1.807, 2.05) is 12.1 Å². The van der Waals surface area contributed by atoms with Crippen LogP contribution in [0.3, 0.4) is 0 Å². The van der Waals surface area contributed by atoms with Crippen molar-refractivity contribution in [3.05, 3.63) is 29.3 Å². The van der Waals surface area contributed by atoms with Crippen molar-refractivity contribution in [1.82, 2.24) is 0 Å². The third kappa shape index (κ3) is 8.79. The second kappa shape index (κ2) is 14.2. The molecule has 0 heterocycles. The van der Waals surface area contributed by atoms with Gasteiger partial charge in [0, 0.05) is 0 Å². The highest BCUT2D eigenvalue weighted by Gasteiger charge is 2.15. The van der Waals surface area contributed by atoms with E-state index in [1.165, 1.54) is 94.6 Å². The number of phenolic OH excluding ortho intramolecular Hbond substituents is 1. The first kappa shape index (κ1) is 22.1. The Morgan fingerprint density at radius 3 is 1.92 bits per heavy atom. The minimum atomic E-state index is 0.517. The van der Waals surface area contributed by atoms with Crippen molar-refractivity contribution < 1.29 is 5.11 Å². The van der Waals surface area contributed by atoms with E-state index >= 15 is 0 Å². The minimum Gasteiger partial charge on any atom is -0.508 e. The van der Waals surface area contributed by atoms with Gasteiger partial charge in [0.2, 0.25) is 0 Å². The van der Waals surface area contributed by atoms with Crippen LogP contribution in [-0.2, 0) is 6.42 Å². The first-order chi connectivity index (χ1) is 12.2. The second-order valence-corrected chi connectivity index (χ2v) is 7.67. The Morgan fingerprint density at radius 1 is 0.760 bits per heavy atom. The van der Waals surface area contributed by atoms with Crippen LogP contribution >= 0.6 is 0 Å². The lowest BCUT2D eigenvalue weighted by molar-refractivity contribution is 0.461. The Morgan fingerprint density at radius 2 is 1.36 bits per heavy atom. The molecule has 0 aromatic heterocycles. The number of hydrogen-bond donors (Lipinski definition) is 1. The molecule has 25 heavy (non-hydrogen) atoms. The molecular formula is C24H42O. The Labute approximate surface area is 157 Å². The Kier molecular flexibility index (Phi) is 12.5. The van der Waals surface area contributed by atoms with Crippen molar-refractivity contribution in [3.8, 4) is 5.75 Å². The fourth-order valence-electron chi connectivity index (χ4n) is 3.96. The number of phenols is 1. The lowest BCUT2D eigenvalue weighted by Crippen LogP contribution is -2.03. The molecule has 0 aliphatic rings. The minimum absolute atomic E-state index is 0.517. The molecule has 0 saturated carbocycles. The van der Waals surface area contributed by atoms with Crippen LogP contribution < -0.4 is 0 Å². The maximum Gasteiger partial charge on any atom is 0.119 e. The molecule has 1 N–H and O–H groups in total. The van der Waals surface area contributed by atoms with Gasteiger partial charge in [-0.05, 0) is 48.8 Å². The molecule has 0 fully saturated rings. The van der Waals surface area contributed by atoms with Gasteiger partial charge in [-0.3, -0.25) is 0 Å². The third-order valence-electron chi connectivity index (χ3n) is 5.54. The van der Waals surface area contributed by atoms with Crippen molar-refractivity contribution in [2.45, 2.75) is 117 Å². The smallest absolute Gasteiger partial charge is 0.119 e. The predicted molar refractivity (Wildman–Crippen MR) is 112 cm³/mol. The lowest BCUT2D eigenvalue weighted by Gasteiger charge is -2.19. The van der Waals surface area contributed by atoms with Crippen LogP contribution in [0.1, 0.15) is 121 Å². The maximum atomic E-state index is 10.3. The van der Waals surface area contributed by atoms with Gasteiger partial charge in [0.25, 0.3) is 0 Å². The summed E-state index contributed by atoms with van der Waals surface area (Å²) < 4.78 is 0. The van der Waals surface area contributed by atoms with E-state index in [0.717, 1.165) is 6.42 Å². The zero-order valence-corrected chi connectivity index (χ0v) is 17.2. The van der Waals surface area contributed by atoms with Gasteiger partial charge >= 0.3 is 0 Å². The molecule has 1 atom stereocenters. The normalized spacial score (nSPS) is 12.4. The van der Waals surface area contributed by atoms with E-state index in [2.05, 4.69) is 26.8 Å². The number of unbranched alkanes of at least 4 members (excludes halogenated alkanes) is 9. The summed E-state index contributed by atoms with van der Waals surface area (Å²) >= 11 is 0. The summed E-state index contributed by atoms with van der Waals surface area (Å²) in [6.45, 7) is 6.81. The summed E-state index contributed by atoms with van der Waals surface area (Å²) in [7, 11) is 0. The monoisotopic (exact) mass is 346 g/mol. The predicted octanol–water partition coefficient (Wildman–Crippen LogP) is 8.15. The number of rotatable bonds is 15. The second-order valence-electron chi connectivity index (χ2n) is 7.67. The van der Waals surface area contributed by atoms with E-state index < -0.39 is 0 Å². The van der Waals surface area contributed by atoms with Crippen LogP contribution in [-0.4, -0.2) is 5.11 Å². The van der Waals surface area contributed by atoms with Crippen LogP contribution in [0.2, 0.25) is 0 Å². The van der Waals surface area contributed by atoms with Crippen molar-refractivity contribution in [2.24, 2.45) is 0 Å². The van der Waals surface area contributed by atoms with Crippen molar-refractivity contribution in [3.63, 3.8) is 0 Å². The van der Waals surface area contributed by atoms with Crippen LogP contribution in [0.5, 0.6) is 5.75 Å². The van der Waals surface area contributed by atoms with Gasteiger partial charge < -0.3 is 5.11 Å². The first-order valence-corrected chi connectivity index (χ1v) is 11.0. The number of hydrogen-bond acceptors (Lipinski definition) is 1. The Hall–Kier alpha value is -0.980. The van der Waals surface area contributed by atoms with Crippen molar-refractivity contribution in [2.75, 3.05) is 0 Å². The SMILES string of the molecule is CCCCCCCCCCCCc1c(O)cccc1C(CC)CCC. The van der Waals surface area contributed by atoms with Crippen molar-refractivity contribution in [1.29, 1.82) is 0 Å².